The predicted molar refractivity (Wildman–Crippen MR) is 97.3 cm³/mol. The highest BCUT2D eigenvalue weighted by Crippen LogP contribution is 2.13. The molecule has 1 N–H and O–H groups in total. The molecule has 0 fully saturated rings. The Morgan fingerprint density at radius 3 is 2.38 bits per heavy atom. The molecule has 0 unspecified atom stereocenters. The van der Waals surface area contributed by atoms with Gasteiger partial charge < -0.3 is 14.8 Å². The molecule has 6 nitrogen and oxygen atoms in total. The van der Waals surface area contributed by atoms with Crippen molar-refractivity contribution in [3.63, 3.8) is 0 Å². The molecule has 1 amide bonds. The maximum atomic E-state index is 12.1. The van der Waals surface area contributed by atoms with Gasteiger partial charge in [0.15, 0.2) is 18.5 Å². The van der Waals surface area contributed by atoms with E-state index >= 15 is 0 Å². The average Bonchev–Trinajstić information content (AvgIpc) is 2.60. The number of ketones is 1. The van der Waals surface area contributed by atoms with Crippen LogP contribution < -0.4 is 10.1 Å². The van der Waals surface area contributed by atoms with Crippen molar-refractivity contribution < 1.29 is 23.9 Å². The number of amides is 1. The number of anilines is 1. The first-order chi connectivity index (χ1) is 12.3. The van der Waals surface area contributed by atoms with Gasteiger partial charge in [0.1, 0.15) is 5.75 Å². The highest BCUT2D eigenvalue weighted by Gasteiger charge is 2.18. The van der Waals surface area contributed by atoms with Gasteiger partial charge >= 0.3 is 5.97 Å². The second-order valence-electron chi connectivity index (χ2n) is 5.86. The van der Waals surface area contributed by atoms with Crippen LogP contribution in [0.25, 0.3) is 0 Å². The molecule has 2 aromatic rings. The minimum Gasteiger partial charge on any atom is -0.482 e. The molecule has 2 rings (SSSR count). The van der Waals surface area contributed by atoms with Crippen molar-refractivity contribution in [1.29, 1.82) is 0 Å². The molecule has 0 spiro atoms. The highest BCUT2D eigenvalue weighted by molar-refractivity contribution is 5.95. The first kappa shape index (κ1) is 19.2. The third-order valence-corrected chi connectivity index (χ3v) is 3.58. The van der Waals surface area contributed by atoms with Crippen LogP contribution in [0.1, 0.15) is 29.8 Å². The van der Waals surface area contributed by atoms with E-state index in [-0.39, 0.29) is 12.4 Å². The molecule has 0 radical (unpaired) electrons. The van der Waals surface area contributed by atoms with E-state index < -0.39 is 18.0 Å². The van der Waals surface area contributed by atoms with E-state index in [0.717, 1.165) is 5.56 Å². The minimum absolute atomic E-state index is 0.0515. The topological polar surface area (TPSA) is 81.7 Å². The fourth-order valence-electron chi connectivity index (χ4n) is 2.18. The van der Waals surface area contributed by atoms with Crippen molar-refractivity contribution in [1.82, 2.24) is 0 Å². The summed E-state index contributed by atoms with van der Waals surface area (Å²) in [5.74, 6) is -0.699. The van der Waals surface area contributed by atoms with E-state index in [0.29, 0.717) is 17.0 Å². The summed E-state index contributed by atoms with van der Waals surface area (Å²) >= 11 is 0. The van der Waals surface area contributed by atoms with Crippen LogP contribution in [0.5, 0.6) is 5.75 Å². The Morgan fingerprint density at radius 2 is 1.77 bits per heavy atom. The van der Waals surface area contributed by atoms with Gasteiger partial charge in [-0.2, -0.15) is 0 Å². The van der Waals surface area contributed by atoms with Gasteiger partial charge in [0, 0.05) is 11.3 Å². The van der Waals surface area contributed by atoms with E-state index in [1.165, 1.54) is 13.8 Å². The number of ether oxygens (including phenoxy) is 2. The molecule has 0 saturated heterocycles. The van der Waals surface area contributed by atoms with Crippen molar-refractivity contribution in [2.24, 2.45) is 0 Å². The van der Waals surface area contributed by atoms with Crippen molar-refractivity contribution in [3.8, 4) is 5.75 Å². The Bertz CT molecular complexity index is 798. The van der Waals surface area contributed by atoms with Crippen LogP contribution in [0.2, 0.25) is 0 Å². The molecular formula is C20H21NO5. The van der Waals surface area contributed by atoms with Crippen LogP contribution in [0.4, 0.5) is 5.69 Å². The lowest BCUT2D eigenvalue weighted by atomic mass is 10.1. The summed E-state index contributed by atoms with van der Waals surface area (Å²) in [7, 11) is 0. The lowest BCUT2D eigenvalue weighted by Crippen LogP contribution is -2.31. The van der Waals surface area contributed by atoms with Gasteiger partial charge in [-0.3, -0.25) is 9.59 Å². The maximum Gasteiger partial charge on any atom is 0.344 e. The monoisotopic (exact) mass is 355 g/mol. The van der Waals surface area contributed by atoms with Crippen LogP contribution in [0, 0.1) is 6.92 Å². The van der Waals surface area contributed by atoms with E-state index in [1.807, 2.05) is 25.1 Å². The van der Waals surface area contributed by atoms with E-state index in [1.54, 1.807) is 30.3 Å². The first-order valence-electron chi connectivity index (χ1n) is 8.16. The number of rotatable bonds is 7. The van der Waals surface area contributed by atoms with Crippen LogP contribution in [0.3, 0.4) is 0 Å². The smallest absolute Gasteiger partial charge is 0.344 e. The summed E-state index contributed by atoms with van der Waals surface area (Å²) in [6.45, 7) is 4.54. The molecule has 0 saturated carbocycles. The van der Waals surface area contributed by atoms with Gasteiger partial charge in [-0.1, -0.05) is 12.1 Å². The Balaban J connectivity index is 1.80. The number of carbonyl (C=O) groups is 3. The van der Waals surface area contributed by atoms with E-state index in [4.69, 9.17) is 9.47 Å². The zero-order chi connectivity index (χ0) is 19.1. The number of aryl methyl sites for hydroxylation is 1. The average molecular weight is 355 g/mol. The van der Waals surface area contributed by atoms with Crippen LogP contribution in [-0.4, -0.2) is 30.4 Å². The quantitative estimate of drug-likeness (QED) is 0.609. The summed E-state index contributed by atoms with van der Waals surface area (Å²) in [4.78, 5) is 35.1. The van der Waals surface area contributed by atoms with Gasteiger partial charge in [-0.15, -0.1) is 0 Å². The Hall–Kier alpha value is -3.15. The van der Waals surface area contributed by atoms with Crippen molar-refractivity contribution >= 4 is 23.3 Å². The van der Waals surface area contributed by atoms with Gasteiger partial charge in [0.05, 0.1) is 0 Å². The standard InChI is InChI=1S/C20H21NO5/c1-13-5-4-6-17(11-13)21-20(24)15(3)26-19(23)12-25-18-9-7-16(8-10-18)14(2)22/h4-11,15H,12H2,1-3H3,(H,21,24)/t15-/m1/s1. The molecular weight excluding hydrogens is 334 g/mol. The zero-order valence-corrected chi connectivity index (χ0v) is 14.9. The van der Waals surface area contributed by atoms with Crippen molar-refractivity contribution in [2.75, 3.05) is 11.9 Å². The van der Waals surface area contributed by atoms with Gasteiger partial charge in [-0.25, -0.2) is 4.79 Å². The number of carbonyl (C=O) groups excluding carboxylic acids is 3. The SMILES string of the molecule is CC(=O)c1ccc(OCC(=O)O[C@H](C)C(=O)Nc2cccc(C)c2)cc1. The Morgan fingerprint density at radius 1 is 1.08 bits per heavy atom. The summed E-state index contributed by atoms with van der Waals surface area (Å²) in [5.41, 5.74) is 2.21. The van der Waals surface area contributed by atoms with Crippen molar-refractivity contribution in [2.45, 2.75) is 26.9 Å². The number of benzene rings is 2. The fraction of sp³-hybridized carbons (Fsp3) is 0.250. The highest BCUT2D eigenvalue weighted by atomic mass is 16.6. The molecule has 6 heteroatoms. The molecule has 1 atom stereocenters. The number of esters is 1. The third kappa shape index (κ3) is 5.73. The summed E-state index contributed by atoms with van der Waals surface area (Å²) in [6, 6.07) is 13.7. The largest absolute Gasteiger partial charge is 0.482 e. The molecule has 0 heterocycles. The lowest BCUT2D eigenvalue weighted by molar-refractivity contribution is -0.155. The van der Waals surface area contributed by atoms with E-state index in [9.17, 15) is 14.4 Å². The second kappa shape index (κ2) is 8.80. The zero-order valence-electron chi connectivity index (χ0n) is 14.9. The minimum atomic E-state index is -0.952. The lowest BCUT2D eigenvalue weighted by Gasteiger charge is -2.14. The van der Waals surface area contributed by atoms with Crippen molar-refractivity contribution in [3.05, 3.63) is 59.7 Å². The maximum absolute atomic E-state index is 12.1. The normalized spacial score (nSPS) is 11.3. The molecule has 2 aromatic carbocycles. The van der Waals surface area contributed by atoms with E-state index in [2.05, 4.69) is 5.32 Å². The first-order valence-corrected chi connectivity index (χ1v) is 8.16. The van der Waals surface area contributed by atoms with Gasteiger partial charge in [0.2, 0.25) is 0 Å². The van der Waals surface area contributed by atoms with Crippen LogP contribution in [0.15, 0.2) is 48.5 Å². The molecule has 0 aliphatic rings. The summed E-state index contributed by atoms with van der Waals surface area (Å²) < 4.78 is 10.4. The fourth-order valence-corrected chi connectivity index (χ4v) is 2.18. The molecule has 26 heavy (non-hydrogen) atoms. The van der Waals surface area contributed by atoms with Gasteiger partial charge in [-0.05, 0) is 62.7 Å². The second-order valence-corrected chi connectivity index (χ2v) is 5.86. The van der Waals surface area contributed by atoms with Crippen LogP contribution >= 0.6 is 0 Å². The number of hydrogen-bond acceptors (Lipinski definition) is 5. The number of Topliss-reactive ketones (excluding diaryl/α,β-unsaturated/α-hetero) is 1. The summed E-state index contributed by atoms with van der Waals surface area (Å²) in [5, 5.41) is 2.69. The molecule has 0 aliphatic heterocycles. The number of hydrogen-bond donors (Lipinski definition) is 1. The molecule has 136 valence electrons. The molecule has 0 aliphatic carbocycles. The van der Waals surface area contributed by atoms with Gasteiger partial charge in [0.25, 0.3) is 5.91 Å². The Labute approximate surface area is 152 Å². The predicted octanol–water partition coefficient (Wildman–Crippen LogP) is 3.15. The van der Waals surface area contributed by atoms with Crippen LogP contribution in [-0.2, 0) is 14.3 Å². The molecule has 0 bridgehead atoms. The third-order valence-electron chi connectivity index (χ3n) is 3.58. The number of nitrogens with one attached hydrogen (secondary N) is 1. The summed E-state index contributed by atoms with van der Waals surface area (Å²) in [6.07, 6.45) is -0.952. The molecule has 0 aromatic heterocycles. The Kier molecular flexibility index (Phi) is 6.49.